The van der Waals surface area contributed by atoms with Crippen molar-refractivity contribution in [1.82, 2.24) is 4.98 Å². The van der Waals surface area contributed by atoms with Crippen LogP contribution in [0.3, 0.4) is 0 Å². The summed E-state index contributed by atoms with van der Waals surface area (Å²) in [6.45, 7) is 8.94. The molecule has 6 heteroatoms. The van der Waals surface area contributed by atoms with Crippen molar-refractivity contribution in [3.8, 4) is 0 Å². The SMILES string of the molecule is COC(=O)[C@]1(C)CCC[C@]2(C)[C@H]3C[C@H]4C(C(C)C)=C[C@]3(CC[C@H]21)[C@@H]1C(=O)N(c2cccc3cccnc23)C(=O)[C@@H]14. The Morgan fingerprint density at radius 1 is 1.05 bits per heavy atom. The van der Waals surface area contributed by atoms with E-state index in [1.807, 2.05) is 30.3 Å². The third-order valence-electron chi connectivity index (χ3n) is 12.2. The first-order valence-electron chi connectivity index (χ1n) is 15.1. The lowest BCUT2D eigenvalue weighted by Crippen LogP contribution is -2.65. The van der Waals surface area contributed by atoms with Crippen molar-refractivity contribution in [2.75, 3.05) is 12.0 Å². The Bertz CT molecular complexity index is 1470. The predicted octanol–water partition coefficient (Wildman–Crippen LogP) is 6.34. The van der Waals surface area contributed by atoms with Crippen LogP contribution in [0.1, 0.15) is 66.2 Å². The monoisotopic (exact) mass is 540 g/mol. The van der Waals surface area contributed by atoms with Crippen molar-refractivity contribution < 1.29 is 19.1 Å². The van der Waals surface area contributed by atoms with E-state index in [4.69, 9.17) is 4.74 Å². The molecule has 8 atom stereocenters. The second kappa shape index (κ2) is 8.50. The van der Waals surface area contributed by atoms with E-state index in [-0.39, 0.29) is 58.2 Å². The van der Waals surface area contributed by atoms with Crippen LogP contribution in [0.5, 0.6) is 0 Å². The Kier molecular flexibility index (Phi) is 5.51. The Morgan fingerprint density at radius 2 is 1.82 bits per heavy atom. The molecule has 6 nitrogen and oxygen atoms in total. The highest BCUT2D eigenvalue weighted by Crippen LogP contribution is 2.74. The number of ether oxygens (including phenoxy) is 1. The van der Waals surface area contributed by atoms with Gasteiger partial charge >= 0.3 is 5.97 Å². The quantitative estimate of drug-likeness (QED) is 0.258. The van der Waals surface area contributed by atoms with Gasteiger partial charge in [0.25, 0.3) is 0 Å². The van der Waals surface area contributed by atoms with Gasteiger partial charge in [0.1, 0.15) is 0 Å². The zero-order chi connectivity index (χ0) is 28.2. The van der Waals surface area contributed by atoms with Crippen LogP contribution in [0.4, 0.5) is 5.69 Å². The highest BCUT2D eigenvalue weighted by Gasteiger charge is 2.73. The molecule has 1 aromatic heterocycles. The maximum absolute atomic E-state index is 14.6. The van der Waals surface area contributed by atoms with E-state index < -0.39 is 5.41 Å². The highest BCUT2D eigenvalue weighted by molar-refractivity contribution is 6.25. The number of aromatic nitrogens is 1. The number of benzene rings is 1. The van der Waals surface area contributed by atoms with Gasteiger partial charge in [-0.1, -0.05) is 57.0 Å². The largest absolute Gasteiger partial charge is 0.469 e. The standard InChI is InChI=1S/C34H40N2O4/c1-19(2)22-18-34-15-12-24-32(3,13-8-14-33(24,4)31(39)40-5)25(34)17-21(22)26-27(34)30(38)36(29(26)37)23-11-6-9-20-10-7-16-35-28(20)23/h6-7,9-11,16,18-19,21,24-27H,8,12-15,17H2,1-5H3/t21-,24+,25+,26+,27-,32-,33+,34-/m0/s1. The zero-order valence-electron chi connectivity index (χ0n) is 24.3. The summed E-state index contributed by atoms with van der Waals surface area (Å²) < 4.78 is 5.37. The van der Waals surface area contributed by atoms with Gasteiger partial charge in [-0.15, -0.1) is 0 Å². The number of carbonyl (C=O) groups excluding carboxylic acids is 3. The molecule has 2 heterocycles. The summed E-state index contributed by atoms with van der Waals surface area (Å²) in [7, 11) is 1.51. The van der Waals surface area contributed by atoms with Gasteiger partial charge in [0.05, 0.1) is 35.6 Å². The summed E-state index contributed by atoms with van der Waals surface area (Å²) in [5, 5.41) is 0.924. The number of nitrogens with zero attached hydrogens (tertiary/aromatic N) is 2. The van der Waals surface area contributed by atoms with Gasteiger partial charge in [0.15, 0.2) is 0 Å². The number of pyridine rings is 1. The third-order valence-corrected chi connectivity index (χ3v) is 12.2. The first-order valence-corrected chi connectivity index (χ1v) is 15.1. The molecule has 1 spiro atoms. The second-order valence-electron chi connectivity index (χ2n) is 14.0. The number of hydrogen-bond acceptors (Lipinski definition) is 5. The Labute approximate surface area is 236 Å². The third kappa shape index (κ3) is 3.06. The Balaban J connectivity index is 1.37. The molecule has 210 valence electrons. The van der Waals surface area contributed by atoms with Crippen LogP contribution in [0.15, 0.2) is 48.2 Å². The van der Waals surface area contributed by atoms with E-state index >= 15 is 0 Å². The Hall–Kier alpha value is -3.02. The first kappa shape index (κ1) is 25.9. The zero-order valence-corrected chi connectivity index (χ0v) is 24.3. The molecular formula is C34H40N2O4. The van der Waals surface area contributed by atoms with Crippen LogP contribution in [-0.2, 0) is 19.1 Å². The molecule has 4 fully saturated rings. The van der Waals surface area contributed by atoms with Gasteiger partial charge in [-0.25, -0.2) is 4.90 Å². The molecule has 6 aliphatic rings. The van der Waals surface area contributed by atoms with E-state index in [1.165, 1.54) is 17.6 Å². The summed E-state index contributed by atoms with van der Waals surface area (Å²) >= 11 is 0. The summed E-state index contributed by atoms with van der Waals surface area (Å²) in [6, 6.07) is 9.62. The fourth-order valence-electron chi connectivity index (χ4n) is 10.7. The van der Waals surface area contributed by atoms with Crippen LogP contribution in [0, 0.1) is 51.8 Å². The molecule has 0 N–H and O–H groups in total. The molecule has 0 radical (unpaired) electrons. The molecular weight excluding hydrogens is 500 g/mol. The predicted molar refractivity (Wildman–Crippen MR) is 153 cm³/mol. The summed E-state index contributed by atoms with van der Waals surface area (Å²) in [5.41, 5.74) is 1.67. The van der Waals surface area contributed by atoms with Gasteiger partial charge in [-0.3, -0.25) is 19.4 Å². The van der Waals surface area contributed by atoms with Crippen LogP contribution in [0.25, 0.3) is 10.9 Å². The second-order valence-corrected chi connectivity index (χ2v) is 14.0. The molecule has 3 saturated carbocycles. The number of carbonyl (C=O) groups is 3. The van der Waals surface area contributed by atoms with Gasteiger partial charge in [0, 0.05) is 17.0 Å². The van der Waals surface area contributed by atoms with Crippen LogP contribution in [0.2, 0.25) is 0 Å². The van der Waals surface area contributed by atoms with Crippen molar-refractivity contribution in [3.05, 3.63) is 48.2 Å². The molecule has 8 rings (SSSR count). The van der Waals surface area contributed by atoms with E-state index in [1.54, 1.807) is 6.20 Å². The summed E-state index contributed by atoms with van der Waals surface area (Å²) in [5.74, 6) is -0.0999. The van der Waals surface area contributed by atoms with E-state index in [0.29, 0.717) is 17.1 Å². The topological polar surface area (TPSA) is 76.6 Å². The fourth-order valence-corrected chi connectivity index (χ4v) is 10.7. The number of rotatable bonds is 3. The number of methoxy groups -OCH3 is 1. The van der Waals surface area contributed by atoms with Crippen molar-refractivity contribution in [3.63, 3.8) is 0 Å². The number of imide groups is 1. The summed E-state index contributed by atoms with van der Waals surface area (Å²) in [6.07, 6.45) is 9.68. The number of esters is 1. The number of allylic oxidation sites excluding steroid dienone is 2. The molecule has 2 aromatic rings. The van der Waals surface area contributed by atoms with Gasteiger partial charge in [-0.2, -0.15) is 0 Å². The van der Waals surface area contributed by atoms with E-state index in [0.717, 1.165) is 43.9 Å². The molecule has 0 unspecified atom stereocenters. The smallest absolute Gasteiger partial charge is 0.311 e. The maximum atomic E-state index is 14.6. The van der Waals surface area contributed by atoms with Crippen LogP contribution >= 0.6 is 0 Å². The maximum Gasteiger partial charge on any atom is 0.311 e. The molecule has 2 amide bonds. The normalized spacial score (nSPS) is 40.1. The summed E-state index contributed by atoms with van der Waals surface area (Å²) in [4.78, 5) is 48.3. The van der Waals surface area contributed by atoms with Gasteiger partial charge in [0.2, 0.25) is 11.8 Å². The lowest BCUT2D eigenvalue weighted by molar-refractivity contribution is -0.196. The number of amides is 2. The first-order chi connectivity index (χ1) is 19.1. The minimum absolute atomic E-state index is 0.0446. The number of hydrogen-bond donors (Lipinski definition) is 0. The fraction of sp³-hybridized carbons (Fsp3) is 0.588. The van der Waals surface area contributed by atoms with Crippen molar-refractivity contribution >= 4 is 34.4 Å². The molecule has 1 aromatic carbocycles. The van der Waals surface area contributed by atoms with E-state index in [2.05, 4.69) is 38.8 Å². The molecule has 5 aliphatic carbocycles. The van der Waals surface area contributed by atoms with Gasteiger partial charge < -0.3 is 4.74 Å². The minimum atomic E-state index is -0.514. The average molecular weight is 541 g/mol. The number of fused-ring (bicyclic) bond motifs is 2. The number of para-hydroxylation sites is 1. The lowest BCUT2D eigenvalue weighted by atomic mass is 9.34. The highest BCUT2D eigenvalue weighted by atomic mass is 16.5. The van der Waals surface area contributed by atoms with Crippen molar-refractivity contribution in [1.29, 1.82) is 0 Å². The Morgan fingerprint density at radius 3 is 2.58 bits per heavy atom. The van der Waals surface area contributed by atoms with Crippen LogP contribution in [-0.4, -0.2) is 29.9 Å². The lowest BCUT2D eigenvalue weighted by Gasteiger charge is -2.68. The molecule has 1 saturated heterocycles. The van der Waals surface area contributed by atoms with Crippen LogP contribution < -0.4 is 4.90 Å². The average Bonchev–Trinajstić information content (AvgIpc) is 3.23. The molecule has 2 bridgehead atoms. The number of anilines is 1. The minimum Gasteiger partial charge on any atom is -0.469 e. The van der Waals surface area contributed by atoms with Gasteiger partial charge in [-0.05, 0) is 80.2 Å². The van der Waals surface area contributed by atoms with Crippen molar-refractivity contribution in [2.45, 2.75) is 66.2 Å². The molecule has 1 aliphatic heterocycles. The van der Waals surface area contributed by atoms with E-state index in [9.17, 15) is 14.4 Å². The van der Waals surface area contributed by atoms with Crippen molar-refractivity contribution in [2.24, 2.45) is 51.8 Å². The molecule has 40 heavy (non-hydrogen) atoms.